The third-order valence-electron chi connectivity index (χ3n) is 2.06. The molecule has 0 atom stereocenters. The predicted octanol–water partition coefficient (Wildman–Crippen LogP) is -0.943. The van der Waals surface area contributed by atoms with Gasteiger partial charge in [0.25, 0.3) is 0 Å². The lowest BCUT2D eigenvalue weighted by Gasteiger charge is -2.03. The average molecular weight is 248 g/mol. The molecule has 0 aliphatic heterocycles. The lowest BCUT2D eigenvalue weighted by atomic mass is 10.2. The molecule has 0 radical (unpaired) electrons. The Morgan fingerprint density at radius 1 is 1.50 bits per heavy atom. The highest BCUT2D eigenvalue weighted by Gasteiger charge is 2.24. The molecule has 0 aliphatic rings. The highest BCUT2D eigenvalue weighted by Crippen LogP contribution is 2.15. The molecule has 2 N–H and O–H groups in total. The van der Waals surface area contributed by atoms with Crippen LogP contribution in [0.2, 0.25) is 0 Å². The van der Waals surface area contributed by atoms with E-state index in [2.05, 4.69) is 4.98 Å². The van der Waals surface area contributed by atoms with Crippen LogP contribution in [0.1, 0.15) is 16.2 Å². The summed E-state index contributed by atoms with van der Waals surface area (Å²) in [6, 6.07) is 0. The molecule has 0 saturated carbocycles. The zero-order chi connectivity index (χ0) is 12.5. The summed E-state index contributed by atoms with van der Waals surface area (Å²) < 4.78 is 23.8. The molecule has 1 aromatic heterocycles. The van der Waals surface area contributed by atoms with Crippen LogP contribution in [0.4, 0.5) is 0 Å². The zero-order valence-electron chi connectivity index (χ0n) is 8.84. The quantitative estimate of drug-likeness (QED) is 0.711. The Kier molecular flexibility index (Phi) is 3.34. The van der Waals surface area contributed by atoms with Crippen molar-refractivity contribution in [3.8, 4) is 0 Å². The first-order chi connectivity index (χ1) is 7.29. The second-order valence-corrected chi connectivity index (χ2v) is 5.21. The maximum absolute atomic E-state index is 11.3. The van der Waals surface area contributed by atoms with Crippen LogP contribution in [-0.2, 0) is 23.3 Å². The summed E-state index contributed by atoms with van der Waals surface area (Å²) >= 11 is 0. The molecule has 0 aromatic carbocycles. The molecule has 0 saturated heterocycles. The number of hydrogen-bond acceptors (Lipinski definition) is 5. The summed E-state index contributed by atoms with van der Waals surface area (Å²) in [5.41, 5.74) is -0.146. The Morgan fingerprint density at radius 3 is 2.44 bits per heavy atom. The van der Waals surface area contributed by atoms with Gasteiger partial charge in [-0.3, -0.25) is 0 Å². The monoisotopic (exact) mass is 248 g/mol. The van der Waals surface area contributed by atoms with Crippen molar-refractivity contribution in [2.75, 3.05) is 12.9 Å². The second kappa shape index (κ2) is 4.22. The summed E-state index contributed by atoms with van der Waals surface area (Å²) in [7, 11) is -2.18. The Balaban J connectivity index is 3.47. The van der Waals surface area contributed by atoms with E-state index in [1.165, 1.54) is 11.6 Å². The third kappa shape index (κ3) is 2.22. The molecule has 7 nitrogen and oxygen atoms in total. The Morgan fingerprint density at radius 2 is 2.06 bits per heavy atom. The van der Waals surface area contributed by atoms with Gasteiger partial charge in [-0.15, -0.1) is 0 Å². The van der Waals surface area contributed by atoms with Crippen LogP contribution in [-0.4, -0.2) is 47.0 Å². The molecular weight excluding hydrogens is 236 g/mol. The van der Waals surface area contributed by atoms with Gasteiger partial charge in [0.2, 0.25) is 15.0 Å². The minimum Gasteiger partial charge on any atom is -0.476 e. The minimum absolute atomic E-state index is 0.0423. The maximum atomic E-state index is 11.3. The van der Waals surface area contributed by atoms with Crippen molar-refractivity contribution in [1.82, 2.24) is 9.55 Å². The molecule has 1 rings (SSSR count). The molecule has 0 fully saturated rings. The molecule has 0 spiro atoms. The number of nitrogens with zero attached hydrogens (tertiary/aromatic N) is 2. The number of hydrogen-bond donors (Lipinski definition) is 2. The van der Waals surface area contributed by atoms with Gasteiger partial charge in [0.05, 0.1) is 5.69 Å². The number of aliphatic hydroxyl groups is 1. The van der Waals surface area contributed by atoms with E-state index in [0.29, 0.717) is 0 Å². The van der Waals surface area contributed by atoms with Crippen LogP contribution in [0.25, 0.3) is 0 Å². The van der Waals surface area contributed by atoms with E-state index in [4.69, 9.17) is 10.2 Å². The number of carbonyl (C=O) groups is 1. The van der Waals surface area contributed by atoms with Crippen LogP contribution in [0.3, 0.4) is 0 Å². The lowest BCUT2D eigenvalue weighted by Crippen LogP contribution is -2.09. The predicted molar refractivity (Wildman–Crippen MR) is 54.1 cm³/mol. The summed E-state index contributed by atoms with van der Waals surface area (Å²) in [5.74, 6) is -1.31. The van der Waals surface area contributed by atoms with Crippen LogP contribution in [0.5, 0.6) is 0 Å². The van der Waals surface area contributed by atoms with Crippen molar-refractivity contribution >= 4 is 15.8 Å². The van der Waals surface area contributed by atoms with Gasteiger partial charge >= 0.3 is 5.97 Å². The van der Waals surface area contributed by atoms with Crippen molar-refractivity contribution in [3.63, 3.8) is 0 Å². The number of rotatable bonds is 4. The summed E-state index contributed by atoms with van der Waals surface area (Å²) in [5, 5.41) is 17.3. The molecule has 0 bridgehead atoms. The smallest absolute Gasteiger partial charge is 0.356 e. The van der Waals surface area contributed by atoms with Gasteiger partial charge in [0.1, 0.15) is 0 Å². The van der Waals surface area contributed by atoms with E-state index in [0.717, 1.165) is 6.26 Å². The molecule has 1 aromatic rings. The lowest BCUT2D eigenvalue weighted by molar-refractivity contribution is 0.0689. The van der Waals surface area contributed by atoms with E-state index in [1.54, 1.807) is 0 Å². The largest absolute Gasteiger partial charge is 0.476 e. The van der Waals surface area contributed by atoms with Crippen LogP contribution >= 0.6 is 0 Å². The van der Waals surface area contributed by atoms with Gasteiger partial charge in [0.15, 0.2) is 5.69 Å². The first-order valence-corrected chi connectivity index (χ1v) is 6.28. The highest BCUT2D eigenvalue weighted by atomic mass is 32.2. The summed E-state index contributed by atoms with van der Waals surface area (Å²) in [4.78, 5) is 14.4. The van der Waals surface area contributed by atoms with E-state index in [-0.39, 0.29) is 29.6 Å². The van der Waals surface area contributed by atoms with Crippen LogP contribution in [0, 0.1) is 0 Å². The maximum Gasteiger partial charge on any atom is 0.356 e. The van der Waals surface area contributed by atoms with Gasteiger partial charge in [-0.05, 0) is 0 Å². The fourth-order valence-electron chi connectivity index (χ4n) is 1.40. The van der Waals surface area contributed by atoms with Gasteiger partial charge in [-0.25, -0.2) is 18.2 Å². The van der Waals surface area contributed by atoms with Crippen LogP contribution in [0.15, 0.2) is 5.16 Å². The zero-order valence-corrected chi connectivity index (χ0v) is 9.65. The van der Waals surface area contributed by atoms with Gasteiger partial charge in [0, 0.05) is 26.3 Å². The number of carboxylic acids is 1. The number of aromatic carboxylic acids is 1. The summed E-state index contributed by atoms with van der Waals surface area (Å²) in [6.07, 6.45) is 0.990. The number of sulfone groups is 1. The molecule has 0 unspecified atom stereocenters. The van der Waals surface area contributed by atoms with E-state index in [9.17, 15) is 13.2 Å². The highest BCUT2D eigenvalue weighted by molar-refractivity contribution is 7.90. The Bertz CT molecular complexity index is 517. The van der Waals surface area contributed by atoms with Crippen LogP contribution < -0.4 is 0 Å². The standard InChI is InChI=1S/C8H12N2O5S/c1-10-5(3-4-11)6(7(12)13)9-8(10)16(2,14)15/h11H,3-4H2,1-2H3,(H,12,13). The SMILES string of the molecule is Cn1c(S(C)(=O)=O)nc(C(=O)O)c1CCO. The van der Waals surface area contributed by atoms with Crippen molar-refractivity contribution in [1.29, 1.82) is 0 Å². The first kappa shape index (κ1) is 12.7. The number of aliphatic hydroxyl groups excluding tert-OH is 1. The fourth-order valence-corrected chi connectivity index (χ4v) is 2.27. The fraction of sp³-hybridized carbons (Fsp3) is 0.500. The van der Waals surface area contributed by atoms with Gasteiger partial charge in [-0.2, -0.15) is 0 Å². The Hall–Kier alpha value is -1.41. The van der Waals surface area contributed by atoms with E-state index >= 15 is 0 Å². The van der Waals surface area contributed by atoms with Gasteiger partial charge in [-0.1, -0.05) is 0 Å². The van der Waals surface area contributed by atoms with Crippen molar-refractivity contribution < 1.29 is 23.4 Å². The van der Waals surface area contributed by atoms with Crippen molar-refractivity contribution in [3.05, 3.63) is 11.4 Å². The van der Waals surface area contributed by atoms with Gasteiger partial charge < -0.3 is 14.8 Å². The molecule has 8 heteroatoms. The minimum atomic E-state index is -3.58. The molecule has 16 heavy (non-hydrogen) atoms. The molecule has 0 aliphatic carbocycles. The van der Waals surface area contributed by atoms with E-state index < -0.39 is 15.8 Å². The molecule has 0 amide bonds. The van der Waals surface area contributed by atoms with Crippen molar-refractivity contribution in [2.24, 2.45) is 7.05 Å². The number of aromatic nitrogens is 2. The summed E-state index contributed by atoms with van der Waals surface area (Å²) in [6.45, 7) is -0.275. The normalized spacial score (nSPS) is 11.7. The average Bonchev–Trinajstić information content (AvgIpc) is 2.44. The molecule has 1 heterocycles. The third-order valence-corrected chi connectivity index (χ3v) is 3.08. The molecule has 90 valence electrons. The van der Waals surface area contributed by atoms with Crippen molar-refractivity contribution in [2.45, 2.75) is 11.6 Å². The number of carboxylic acid groups (broad SMARTS) is 1. The topological polar surface area (TPSA) is 109 Å². The first-order valence-electron chi connectivity index (χ1n) is 4.38. The van der Waals surface area contributed by atoms with E-state index in [1.807, 2.05) is 0 Å². The molecular formula is C8H12N2O5S. The Labute approximate surface area is 92.3 Å². The second-order valence-electron chi connectivity index (χ2n) is 3.30. The number of imidazole rings is 1.